The molecule has 0 radical (unpaired) electrons. The van der Waals surface area contributed by atoms with E-state index in [1.807, 2.05) is 0 Å². The lowest BCUT2D eigenvalue weighted by Crippen LogP contribution is -2.44. The number of fused-ring (bicyclic) bond motifs is 1. The normalized spacial score (nSPS) is 12.7. The van der Waals surface area contributed by atoms with Gasteiger partial charge in [-0.05, 0) is 73.2 Å². The van der Waals surface area contributed by atoms with Crippen molar-refractivity contribution in [2.24, 2.45) is 5.73 Å². The SMILES string of the molecule is CC(=O)c1cccc(CNC(=O)CNC(=O)CN(c2cc3oc(-c4ccc(F)cc4)c(C(=O)OC(N)=O)c3cc2C2CC2)S(C)(=O)=O)c1. The van der Waals surface area contributed by atoms with Gasteiger partial charge in [-0.25, -0.2) is 22.4 Å². The van der Waals surface area contributed by atoms with Crippen LogP contribution >= 0.6 is 0 Å². The van der Waals surface area contributed by atoms with E-state index in [-0.39, 0.29) is 51.8 Å². The minimum Gasteiger partial charge on any atom is -0.455 e. The quantitative estimate of drug-likeness (QED) is 0.114. The van der Waals surface area contributed by atoms with Crippen LogP contribution in [0.1, 0.15) is 57.5 Å². The number of amides is 3. The Morgan fingerprint density at radius 3 is 2.33 bits per heavy atom. The number of rotatable bonds is 12. The van der Waals surface area contributed by atoms with Gasteiger partial charge in [-0.3, -0.25) is 18.7 Å². The number of hydrogen-bond acceptors (Lipinski definition) is 9. The lowest BCUT2D eigenvalue weighted by molar-refractivity contribution is -0.125. The Labute approximate surface area is 274 Å². The van der Waals surface area contributed by atoms with E-state index in [9.17, 15) is 36.8 Å². The summed E-state index contributed by atoms with van der Waals surface area (Å²) in [7, 11) is -4.09. The molecule has 250 valence electrons. The maximum atomic E-state index is 13.7. The molecule has 1 aliphatic rings. The zero-order valence-corrected chi connectivity index (χ0v) is 26.7. The summed E-state index contributed by atoms with van der Waals surface area (Å²) in [6.07, 6.45) is 0.956. The number of ketones is 1. The van der Waals surface area contributed by atoms with Gasteiger partial charge in [0.1, 0.15) is 29.3 Å². The lowest BCUT2D eigenvalue weighted by atomic mass is 10.0. The molecule has 1 aliphatic carbocycles. The summed E-state index contributed by atoms with van der Waals surface area (Å²) >= 11 is 0. The molecule has 4 aromatic rings. The first-order valence-electron chi connectivity index (χ1n) is 14.7. The minimum absolute atomic E-state index is 0.0208. The summed E-state index contributed by atoms with van der Waals surface area (Å²) in [4.78, 5) is 61.6. The van der Waals surface area contributed by atoms with Gasteiger partial charge in [-0.2, -0.15) is 0 Å². The molecule has 4 N–H and O–H groups in total. The second-order valence-corrected chi connectivity index (χ2v) is 13.2. The minimum atomic E-state index is -4.09. The first-order chi connectivity index (χ1) is 22.7. The number of anilines is 1. The molecule has 1 heterocycles. The van der Waals surface area contributed by atoms with Crippen molar-refractivity contribution in [3.05, 3.63) is 88.7 Å². The Morgan fingerprint density at radius 1 is 1.00 bits per heavy atom. The standard InChI is InChI=1S/C33H31FN4O9S/c1-18(39)22-5-3-4-19(12-22)15-36-28(40)16-37-29(41)17-38(48(2,44)45)26-14-27-25(13-24(26)20-6-7-20)30(32(42)47-33(35)43)31(46-27)21-8-10-23(34)11-9-21/h3-5,8-14,20H,6-7,15-17H2,1-2H3,(H2,35,43)(H,36,40)(H,37,41). The van der Waals surface area contributed by atoms with Crippen molar-refractivity contribution in [3.8, 4) is 11.3 Å². The number of esters is 1. The zero-order chi connectivity index (χ0) is 34.7. The molecule has 13 nitrogen and oxygen atoms in total. The summed E-state index contributed by atoms with van der Waals surface area (Å²) in [5, 5.41) is 5.25. The van der Waals surface area contributed by atoms with Crippen LogP contribution in [0, 0.1) is 5.82 Å². The highest BCUT2D eigenvalue weighted by molar-refractivity contribution is 7.92. The largest absolute Gasteiger partial charge is 0.455 e. The van der Waals surface area contributed by atoms with Gasteiger partial charge < -0.3 is 25.5 Å². The van der Waals surface area contributed by atoms with Gasteiger partial charge in [-0.15, -0.1) is 0 Å². The first kappa shape index (κ1) is 33.8. The smallest absolute Gasteiger partial charge is 0.412 e. The number of primary amides is 1. The molecular weight excluding hydrogens is 647 g/mol. The van der Waals surface area contributed by atoms with Crippen LogP contribution in [0.2, 0.25) is 0 Å². The van der Waals surface area contributed by atoms with Crippen molar-refractivity contribution >= 4 is 56.3 Å². The predicted octanol–water partition coefficient (Wildman–Crippen LogP) is 3.75. The topological polar surface area (TPSA) is 195 Å². The number of ether oxygens (including phenoxy) is 1. The van der Waals surface area contributed by atoms with E-state index in [1.54, 1.807) is 30.3 Å². The lowest BCUT2D eigenvalue weighted by Gasteiger charge is -2.24. The molecule has 1 fully saturated rings. The molecule has 0 unspecified atom stereocenters. The molecule has 48 heavy (non-hydrogen) atoms. The number of benzene rings is 3. The van der Waals surface area contributed by atoms with Crippen LogP contribution < -0.4 is 20.7 Å². The van der Waals surface area contributed by atoms with Crippen molar-refractivity contribution in [3.63, 3.8) is 0 Å². The van der Waals surface area contributed by atoms with Crippen LogP contribution in [-0.4, -0.2) is 57.4 Å². The third-order valence-corrected chi connectivity index (χ3v) is 8.71. The molecule has 0 aliphatic heterocycles. The fourth-order valence-corrected chi connectivity index (χ4v) is 6.01. The van der Waals surface area contributed by atoms with Gasteiger partial charge in [0.15, 0.2) is 5.78 Å². The van der Waals surface area contributed by atoms with Crippen LogP contribution in [0.25, 0.3) is 22.3 Å². The number of nitrogens with two attached hydrogens (primary N) is 1. The highest BCUT2D eigenvalue weighted by atomic mass is 32.2. The molecule has 0 bridgehead atoms. The van der Waals surface area contributed by atoms with Gasteiger partial charge in [-0.1, -0.05) is 18.2 Å². The van der Waals surface area contributed by atoms with Crippen molar-refractivity contribution in [1.29, 1.82) is 0 Å². The third kappa shape index (κ3) is 7.86. The van der Waals surface area contributed by atoms with Crippen LogP contribution in [0.3, 0.4) is 0 Å². The Morgan fingerprint density at radius 2 is 1.71 bits per heavy atom. The molecule has 0 saturated heterocycles. The van der Waals surface area contributed by atoms with Gasteiger partial charge in [0.05, 0.1) is 18.5 Å². The van der Waals surface area contributed by atoms with Crippen LogP contribution in [0.15, 0.2) is 65.1 Å². The van der Waals surface area contributed by atoms with Crippen molar-refractivity contribution in [1.82, 2.24) is 10.6 Å². The Balaban J connectivity index is 1.42. The Bertz CT molecular complexity index is 2060. The number of sulfonamides is 1. The molecular formula is C33H31FN4O9S. The number of furan rings is 1. The summed E-state index contributed by atoms with van der Waals surface area (Å²) in [5.41, 5.74) is 6.98. The van der Waals surface area contributed by atoms with E-state index in [2.05, 4.69) is 15.4 Å². The predicted molar refractivity (Wildman–Crippen MR) is 172 cm³/mol. The number of nitrogens with one attached hydrogen (secondary N) is 2. The van der Waals surface area contributed by atoms with Crippen LogP contribution in [0.5, 0.6) is 0 Å². The summed E-state index contributed by atoms with van der Waals surface area (Å²) in [5.74, 6) is -3.30. The Hall–Kier alpha value is -5.57. The highest BCUT2D eigenvalue weighted by Crippen LogP contribution is 2.48. The van der Waals surface area contributed by atoms with E-state index < -0.39 is 52.8 Å². The van der Waals surface area contributed by atoms with E-state index in [1.165, 1.54) is 25.1 Å². The Kier molecular flexibility index (Phi) is 9.61. The number of nitrogens with zero attached hydrogens (tertiary/aromatic N) is 1. The zero-order valence-electron chi connectivity index (χ0n) is 25.9. The van der Waals surface area contributed by atoms with Gasteiger partial charge in [0.2, 0.25) is 21.8 Å². The molecule has 0 atom stereocenters. The highest BCUT2D eigenvalue weighted by Gasteiger charge is 2.34. The third-order valence-electron chi connectivity index (χ3n) is 7.58. The molecule has 15 heteroatoms. The number of carbonyl (C=O) groups excluding carboxylic acids is 5. The van der Waals surface area contributed by atoms with E-state index in [0.717, 1.165) is 22.7 Å². The average Bonchev–Trinajstić information content (AvgIpc) is 3.80. The van der Waals surface area contributed by atoms with E-state index >= 15 is 0 Å². The molecule has 3 aromatic carbocycles. The molecule has 1 aromatic heterocycles. The summed E-state index contributed by atoms with van der Waals surface area (Å²) < 4.78 is 51.3. The molecule has 1 saturated carbocycles. The fraction of sp³-hybridized carbons (Fsp3) is 0.242. The van der Waals surface area contributed by atoms with Gasteiger partial charge in [0, 0.05) is 29.1 Å². The van der Waals surface area contributed by atoms with Gasteiger partial charge in [0.25, 0.3) is 0 Å². The summed E-state index contributed by atoms with van der Waals surface area (Å²) in [6.45, 7) is 0.411. The monoisotopic (exact) mass is 678 g/mol. The van der Waals surface area contributed by atoms with E-state index in [0.29, 0.717) is 29.5 Å². The second-order valence-electron chi connectivity index (χ2n) is 11.3. The summed E-state index contributed by atoms with van der Waals surface area (Å²) in [6, 6.07) is 14.6. The first-order valence-corrected chi connectivity index (χ1v) is 16.5. The molecule has 3 amide bonds. The molecule has 5 rings (SSSR count). The number of Topliss-reactive ketones (excluding diaryl/α,β-unsaturated/α-hetero) is 1. The van der Waals surface area contributed by atoms with Crippen molar-refractivity contribution in [2.45, 2.75) is 32.2 Å². The maximum Gasteiger partial charge on any atom is 0.412 e. The number of carbonyl (C=O) groups is 5. The second kappa shape index (κ2) is 13.7. The van der Waals surface area contributed by atoms with Crippen molar-refractivity contribution < 1.29 is 45.9 Å². The number of halogens is 1. The maximum absolute atomic E-state index is 13.7. The van der Waals surface area contributed by atoms with Gasteiger partial charge >= 0.3 is 12.1 Å². The fourth-order valence-electron chi connectivity index (χ4n) is 5.15. The average molecular weight is 679 g/mol. The van der Waals surface area contributed by atoms with Crippen LogP contribution in [-0.2, 0) is 30.9 Å². The van der Waals surface area contributed by atoms with E-state index in [4.69, 9.17) is 10.2 Å². The van der Waals surface area contributed by atoms with Crippen LogP contribution in [0.4, 0.5) is 14.9 Å². The number of hydrogen-bond donors (Lipinski definition) is 3. The van der Waals surface area contributed by atoms with Crippen molar-refractivity contribution in [2.75, 3.05) is 23.7 Å². The molecule has 0 spiro atoms.